The number of nitrogens with one attached hydrogen (secondary N) is 1. The second-order valence-corrected chi connectivity index (χ2v) is 4.61. The van der Waals surface area contributed by atoms with Crippen LogP contribution < -0.4 is 5.32 Å². The molecule has 0 unspecified atom stereocenters. The lowest BCUT2D eigenvalue weighted by Gasteiger charge is -2.10. The smallest absolute Gasteiger partial charge is 0.292 e. The quantitative estimate of drug-likeness (QED) is 0.496. The van der Waals surface area contributed by atoms with E-state index in [1.165, 1.54) is 24.1 Å². The minimum Gasteiger partial charge on any atom is -0.440 e. The lowest BCUT2D eigenvalue weighted by molar-refractivity contribution is -0.384. The number of thioether (sulfide) groups is 1. The normalized spacial score (nSPS) is 10.4. The van der Waals surface area contributed by atoms with Crippen LogP contribution in [0.5, 0.6) is 0 Å². The second-order valence-electron chi connectivity index (χ2n) is 3.69. The van der Waals surface area contributed by atoms with Crippen molar-refractivity contribution in [3.63, 3.8) is 0 Å². The summed E-state index contributed by atoms with van der Waals surface area (Å²) in [6.07, 6.45) is 3.07. The van der Waals surface area contributed by atoms with Gasteiger partial charge in [0.1, 0.15) is 12.0 Å². The minimum absolute atomic E-state index is 0.0901. The lowest BCUT2D eigenvalue weighted by atomic mass is 10.1. The van der Waals surface area contributed by atoms with Crippen molar-refractivity contribution in [3.05, 3.63) is 46.3 Å². The fourth-order valence-electron chi connectivity index (χ4n) is 1.66. The highest BCUT2D eigenvalue weighted by molar-refractivity contribution is 7.98. The Bertz CT molecular complexity index is 557. The zero-order chi connectivity index (χ0) is 13.7. The zero-order valence-electron chi connectivity index (χ0n) is 10.3. The van der Waals surface area contributed by atoms with Crippen LogP contribution in [0.1, 0.15) is 12.5 Å². The molecule has 0 radical (unpaired) electrons. The monoisotopic (exact) mass is 279 g/mol. The van der Waals surface area contributed by atoms with E-state index < -0.39 is 0 Å². The molecule has 0 atom stereocenters. The molecule has 0 aliphatic heterocycles. The van der Waals surface area contributed by atoms with Gasteiger partial charge in [0.2, 0.25) is 0 Å². The van der Waals surface area contributed by atoms with E-state index >= 15 is 0 Å². The predicted molar refractivity (Wildman–Crippen MR) is 73.3 cm³/mol. The van der Waals surface area contributed by atoms with Gasteiger partial charge in [0, 0.05) is 18.4 Å². The van der Waals surface area contributed by atoms with Crippen molar-refractivity contribution in [2.75, 3.05) is 11.9 Å². The summed E-state index contributed by atoms with van der Waals surface area (Å²) >= 11 is 1.40. The molecule has 1 aromatic heterocycles. The largest absolute Gasteiger partial charge is 0.440 e. The molecule has 7 heteroatoms. The van der Waals surface area contributed by atoms with Crippen LogP contribution in [0.2, 0.25) is 0 Å². The predicted octanol–water partition coefficient (Wildman–Crippen LogP) is 3.31. The summed E-state index contributed by atoms with van der Waals surface area (Å²) in [4.78, 5) is 14.6. The summed E-state index contributed by atoms with van der Waals surface area (Å²) in [5.41, 5.74) is 1.51. The number of nitro groups is 1. The van der Waals surface area contributed by atoms with Crippen molar-refractivity contribution in [3.8, 4) is 0 Å². The molecule has 19 heavy (non-hydrogen) atoms. The first-order valence-corrected chi connectivity index (χ1v) is 6.73. The molecule has 1 aromatic carbocycles. The second kappa shape index (κ2) is 6.24. The average Bonchev–Trinajstić information content (AvgIpc) is 2.90. The van der Waals surface area contributed by atoms with Crippen LogP contribution in [-0.4, -0.2) is 16.5 Å². The molecule has 0 saturated heterocycles. The zero-order valence-corrected chi connectivity index (χ0v) is 11.1. The number of oxazole rings is 1. The van der Waals surface area contributed by atoms with E-state index in [4.69, 9.17) is 4.42 Å². The van der Waals surface area contributed by atoms with E-state index in [0.717, 1.165) is 5.56 Å². The summed E-state index contributed by atoms with van der Waals surface area (Å²) in [5.74, 6) is 0.560. The summed E-state index contributed by atoms with van der Waals surface area (Å²) in [6.45, 7) is 2.53. The molecular weight excluding hydrogens is 266 g/mol. The van der Waals surface area contributed by atoms with E-state index in [1.54, 1.807) is 12.3 Å². The van der Waals surface area contributed by atoms with E-state index in [9.17, 15) is 10.1 Å². The van der Waals surface area contributed by atoms with Crippen LogP contribution in [0.3, 0.4) is 0 Å². The van der Waals surface area contributed by atoms with Crippen molar-refractivity contribution in [1.82, 2.24) is 4.98 Å². The molecule has 6 nitrogen and oxygen atoms in total. The third-order valence-corrected chi connectivity index (χ3v) is 3.34. The topological polar surface area (TPSA) is 81.2 Å². The first-order chi connectivity index (χ1) is 9.22. The van der Waals surface area contributed by atoms with Crippen molar-refractivity contribution in [2.45, 2.75) is 17.9 Å². The summed E-state index contributed by atoms with van der Waals surface area (Å²) in [7, 11) is 0. The van der Waals surface area contributed by atoms with Gasteiger partial charge >= 0.3 is 0 Å². The molecule has 1 heterocycles. The Morgan fingerprint density at radius 1 is 1.53 bits per heavy atom. The number of para-hydroxylation sites is 1. The van der Waals surface area contributed by atoms with E-state index in [0.29, 0.717) is 23.2 Å². The van der Waals surface area contributed by atoms with Gasteiger partial charge in [0.15, 0.2) is 0 Å². The van der Waals surface area contributed by atoms with Gasteiger partial charge in [-0.05, 0) is 12.5 Å². The Labute approximate surface area is 114 Å². The van der Waals surface area contributed by atoms with Crippen molar-refractivity contribution in [1.29, 1.82) is 0 Å². The fraction of sp³-hybridized carbons (Fsp3) is 0.250. The lowest BCUT2D eigenvalue weighted by Crippen LogP contribution is -2.04. The fourth-order valence-corrected chi connectivity index (χ4v) is 2.44. The summed E-state index contributed by atoms with van der Waals surface area (Å²) in [6, 6.07) is 5.04. The Hall–Kier alpha value is -2.02. The standard InChI is InChI=1S/C12H13N3O3S/c1-2-13-11-9(4-3-5-10(11)15(16)17)8-19-12-14-6-7-18-12/h3-7,13H,2,8H2,1H3. The van der Waals surface area contributed by atoms with Gasteiger partial charge in [-0.25, -0.2) is 4.98 Å². The molecule has 0 amide bonds. The van der Waals surface area contributed by atoms with Crippen LogP contribution in [0, 0.1) is 10.1 Å². The minimum atomic E-state index is -0.378. The number of benzene rings is 1. The molecule has 100 valence electrons. The number of aromatic nitrogens is 1. The third-order valence-electron chi connectivity index (χ3n) is 2.44. The van der Waals surface area contributed by atoms with Crippen LogP contribution >= 0.6 is 11.8 Å². The van der Waals surface area contributed by atoms with Gasteiger partial charge < -0.3 is 9.73 Å². The van der Waals surface area contributed by atoms with Gasteiger partial charge in [0.05, 0.1) is 11.1 Å². The maximum absolute atomic E-state index is 11.0. The number of nitro benzene ring substituents is 1. The molecule has 0 aliphatic carbocycles. The van der Waals surface area contributed by atoms with E-state index in [-0.39, 0.29) is 10.6 Å². The number of rotatable bonds is 6. The van der Waals surface area contributed by atoms with Crippen LogP contribution in [0.4, 0.5) is 11.4 Å². The molecule has 2 aromatic rings. The van der Waals surface area contributed by atoms with Crippen LogP contribution in [0.15, 0.2) is 40.3 Å². The Morgan fingerprint density at radius 2 is 2.37 bits per heavy atom. The SMILES string of the molecule is CCNc1c(CSc2ncco2)cccc1[N+](=O)[O-]. The summed E-state index contributed by atoms with van der Waals surface area (Å²) in [5, 5.41) is 14.6. The van der Waals surface area contributed by atoms with Gasteiger partial charge in [-0.3, -0.25) is 10.1 Å². The number of hydrogen-bond donors (Lipinski definition) is 1. The molecule has 0 bridgehead atoms. The van der Waals surface area contributed by atoms with Gasteiger partial charge in [0.25, 0.3) is 10.9 Å². The highest BCUT2D eigenvalue weighted by atomic mass is 32.2. The number of nitrogens with zero attached hydrogens (tertiary/aromatic N) is 2. The van der Waals surface area contributed by atoms with Crippen LogP contribution in [0.25, 0.3) is 0 Å². The number of anilines is 1. The summed E-state index contributed by atoms with van der Waals surface area (Å²) < 4.78 is 5.13. The van der Waals surface area contributed by atoms with Crippen molar-refractivity contribution < 1.29 is 9.34 Å². The van der Waals surface area contributed by atoms with Crippen molar-refractivity contribution >= 4 is 23.1 Å². The van der Waals surface area contributed by atoms with E-state index in [2.05, 4.69) is 10.3 Å². The highest BCUT2D eigenvalue weighted by Crippen LogP contribution is 2.32. The highest BCUT2D eigenvalue weighted by Gasteiger charge is 2.17. The van der Waals surface area contributed by atoms with Gasteiger partial charge in [-0.2, -0.15) is 0 Å². The van der Waals surface area contributed by atoms with Crippen molar-refractivity contribution in [2.24, 2.45) is 0 Å². The van der Waals surface area contributed by atoms with Crippen LogP contribution in [-0.2, 0) is 5.75 Å². The Balaban J connectivity index is 2.23. The first kappa shape index (κ1) is 13.4. The Morgan fingerprint density at radius 3 is 3.00 bits per heavy atom. The third kappa shape index (κ3) is 3.25. The van der Waals surface area contributed by atoms with Gasteiger partial charge in [-0.15, -0.1) is 0 Å². The van der Waals surface area contributed by atoms with Gasteiger partial charge in [-0.1, -0.05) is 23.9 Å². The first-order valence-electron chi connectivity index (χ1n) is 5.74. The van der Waals surface area contributed by atoms with E-state index in [1.807, 2.05) is 13.0 Å². The molecule has 0 spiro atoms. The molecule has 2 rings (SSSR count). The Kier molecular flexibility index (Phi) is 4.40. The molecule has 0 fully saturated rings. The molecular formula is C12H13N3O3S. The maximum Gasteiger partial charge on any atom is 0.292 e. The molecule has 0 aliphatic rings. The molecule has 1 N–H and O–H groups in total. The number of hydrogen-bond acceptors (Lipinski definition) is 6. The molecule has 0 saturated carbocycles. The maximum atomic E-state index is 11.0. The average molecular weight is 279 g/mol.